The van der Waals surface area contributed by atoms with Crippen molar-refractivity contribution >= 4 is 18.2 Å². The van der Waals surface area contributed by atoms with Crippen LogP contribution >= 0.6 is 0 Å². The average molecular weight is 476 g/mol. The highest BCUT2D eigenvalue weighted by molar-refractivity contribution is 5.94. The summed E-state index contributed by atoms with van der Waals surface area (Å²) in [6.45, 7) is 13.9. The highest BCUT2D eigenvalue weighted by atomic mass is 16.6. The molecule has 4 unspecified atom stereocenters. The number of hydrogen-bond donors (Lipinski definition) is 0. The molecule has 0 saturated carbocycles. The van der Waals surface area contributed by atoms with Crippen molar-refractivity contribution in [3.63, 3.8) is 0 Å². The van der Waals surface area contributed by atoms with Crippen LogP contribution in [0.5, 0.6) is 0 Å². The summed E-state index contributed by atoms with van der Waals surface area (Å²) in [5.74, 6) is -0.838. The normalized spacial score (nSPS) is 24.7. The van der Waals surface area contributed by atoms with E-state index in [1.165, 1.54) is 7.11 Å². The Bertz CT molecular complexity index is 625. The van der Waals surface area contributed by atoms with Gasteiger partial charge >= 0.3 is 18.2 Å². The van der Waals surface area contributed by atoms with E-state index in [1.807, 2.05) is 6.92 Å². The first kappa shape index (κ1) is 29.1. The SMILES string of the molecule is CCCCOC1COCC(N(C(=O)OC(C)(C)C)C(=O)OC(C)(C)C)C(=O)OC(C)C1OC. The molecule has 1 rings (SSSR count). The topological polar surface area (TPSA) is 110 Å². The van der Waals surface area contributed by atoms with E-state index in [1.54, 1.807) is 48.5 Å². The lowest BCUT2D eigenvalue weighted by atomic mass is 10.1. The quantitative estimate of drug-likeness (QED) is 0.323. The van der Waals surface area contributed by atoms with Crippen molar-refractivity contribution < 1.29 is 42.8 Å². The summed E-state index contributed by atoms with van der Waals surface area (Å²) in [5.41, 5.74) is -1.82. The maximum absolute atomic E-state index is 13.1. The lowest BCUT2D eigenvalue weighted by Gasteiger charge is -2.32. The molecule has 1 aliphatic heterocycles. The molecule has 192 valence electrons. The molecule has 0 aliphatic carbocycles. The number of nitrogens with zero attached hydrogens (tertiary/aromatic N) is 1. The Hall–Kier alpha value is -1.91. The predicted molar refractivity (Wildman–Crippen MR) is 120 cm³/mol. The third-order valence-corrected chi connectivity index (χ3v) is 4.56. The van der Waals surface area contributed by atoms with Gasteiger partial charge in [-0.05, 0) is 54.9 Å². The highest BCUT2D eigenvalue weighted by Gasteiger charge is 2.44. The van der Waals surface area contributed by atoms with Gasteiger partial charge in [-0.15, -0.1) is 0 Å². The Balaban J connectivity index is 3.22. The Morgan fingerprint density at radius 1 is 1.03 bits per heavy atom. The Morgan fingerprint density at radius 3 is 2.03 bits per heavy atom. The third-order valence-electron chi connectivity index (χ3n) is 4.56. The minimum absolute atomic E-state index is 0.0795. The molecule has 10 nitrogen and oxygen atoms in total. The van der Waals surface area contributed by atoms with E-state index in [9.17, 15) is 14.4 Å². The number of hydrogen-bond acceptors (Lipinski definition) is 9. The van der Waals surface area contributed by atoms with Gasteiger partial charge in [-0.3, -0.25) is 0 Å². The summed E-state index contributed by atoms with van der Waals surface area (Å²) in [5, 5.41) is 0. The fourth-order valence-corrected chi connectivity index (χ4v) is 3.09. The number of carbonyl (C=O) groups excluding carboxylic acids is 3. The molecule has 0 bridgehead atoms. The van der Waals surface area contributed by atoms with Gasteiger partial charge in [-0.1, -0.05) is 13.3 Å². The molecular formula is C23H41NO9. The van der Waals surface area contributed by atoms with E-state index < -0.39 is 53.7 Å². The summed E-state index contributed by atoms with van der Waals surface area (Å²) in [4.78, 5) is 39.6. The lowest BCUT2D eigenvalue weighted by molar-refractivity contribution is -0.166. The smallest absolute Gasteiger partial charge is 0.420 e. The first-order chi connectivity index (χ1) is 15.2. The molecule has 0 aromatic heterocycles. The zero-order valence-electron chi connectivity index (χ0n) is 21.5. The van der Waals surface area contributed by atoms with E-state index in [4.69, 9.17) is 28.4 Å². The molecule has 1 heterocycles. The van der Waals surface area contributed by atoms with Crippen LogP contribution in [0.4, 0.5) is 9.59 Å². The summed E-state index contributed by atoms with van der Waals surface area (Å²) in [7, 11) is 1.49. The fraction of sp³-hybridized carbons (Fsp3) is 0.870. The molecule has 1 fully saturated rings. The summed E-state index contributed by atoms with van der Waals surface area (Å²) in [6, 6.07) is -1.41. The van der Waals surface area contributed by atoms with Gasteiger partial charge in [0.2, 0.25) is 0 Å². The minimum Gasteiger partial charge on any atom is -0.458 e. The van der Waals surface area contributed by atoms with E-state index in [0.717, 1.165) is 12.8 Å². The lowest BCUT2D eigenvalue weighted by Crippen LogP contribution is -2.54. The minimum atomic E-state index is -1.41. The second kappa shape index (κ2) is 12.5. The first-order valence-electron chi connectivity index (χ1n) is 11.4. The monoisotopic (exact) mass is 475 g/mol. The second-order valence-corrected chi connectivity index (χ2v) is 9.99. The summed E-state index contributed by atoms with van der Waals surface area (Å²) < 4.78 is 33.5. The van der Waals surface area contributed by atoms with Crippen LogP contribution in [0.3, 0.4) is 0 Å². The zero-order chi connectivity index (χ0) is 25.4. The van der Waals surface area contributed by atoms with Crippen LogP contribution in [0.15, 0.2) is 0 Å². The predicted octanol–water partition coefficient (Wildman–Crippen LogP) is 3.69. The number of unbranched alkanes of at least 4 members (excludes halogenated alkanes) is 1. The second-order valence-electron chi connectivity index (χ2n) is 9.99. The molecule has 0 spiro atoms. The molecule has 0 N–H and O–H groups in total. The third kappa shape index (κ3) is 9.85. The van der Waals surface area contributed by atoms with Gasteiger partial charge in [0, 0.05) is 13.7 Å². The van der Waals surface area contributed by atoms with Crippen LogP contribution in [0.1, 0.15) is 68.2 Å². The molecule has 2 amide bonds. The van der Waals surface area contributed by atoms with Crippen molar-refractivity contribution in [2.45, 2.75) is 104 Å². The van der Waals surface area contributed by atoms with Gasteiger partial charge in [0.15, 0.2) is 6.04 Å². The van der Waals surface area contributed by atoms with Gasteiger partial charge in [0.25, 0.3) is 0 Å². The number of imide groups is 1. The van der Waals surface area contributed by atoms with Gasteiger partial charge in [0.05, 0.1) is 13.2 Å². The molecule has 4 atom stereocenters. The van der Waals surface area contributed by atoms with Crippen LogP contribution in [0.2, 0.25) is 0 Å². The zero-order valence-corrected chi connectivity index (χ0v) is 21.5. The standard InChI is InChI=1S/C23H41NO9/c1-10-11-12-30-17-14-29-13-16(19(25)31-15(2)18(17)28-9)24(20(26)32-22(3,4)5)21(27)33-23(6,7)8/h15-18H,10-14H2,1-9H3. The van der Waals surface area contributed by atoms with Gasteiger partial charge in [-0.2, -0.15) is 4.90 Å². The first-order valence-corrected chi connectivity index (χ1v) is 11.4. The molecule has 0 radical (unpaired) electrons. The van der Waals surface area contributed by atoms with Crippen molar-refractivity contribution in [2.24, 2.45) is 0 Å². The molecule has 10 heteroatoms. The van der Waals surface area contributed by atoms with E-state index in [-0.39, 0.29) is 13.2 Å². The van der Waals surface area contributed by atoms with Crippen LogP contribution in [-0.4, -0.2) is 85.5 Å². The fourth-order valence-electron chi connectivity index (χ4n) is 3.09. The molecule has 1 aliphatic rings. The van der Waals surface area contributed by atoms with Crippen LogP contribution in [0.25, 0.3) is 0 Å². The van der Waals surface area contributed by atoms with Crippen molar-refractivity contribution in [1.29, 1.82) is 0 Å². The highest BCUT2D eigenvalue weighted by Crippen LogP contribution is 2.21. The number of cyclic esters (lactones) is 1. The summed E-state index contributed by atoms with van der Waals surface area (Å²) >= 11 is 0. The van der Waals surface area contributed by atoms with Crippen LogP contribution in [0, 0.1) is 0 Å². The molecule has 0 aromatic carbocycles. The largest absolute Gasteiger partial charge is 0.458 e. The Labute approximate surface area is 197 Å². The molecule has 33 heavy (non-hydrogen) atoms. The van der Waals surface area contributed by atoms with Crippen LogP contribution < -0.4 is 0 Å². The van der Waals surface area contributed by atoms with Crippen molar-refractivity contribution in [2.75, 3.05) is 26.9 Å². The Morgan fingerprint density at radius 2 is 1.58 bits per heavy atom. The van der Waals surface area contributed by atoms with Gasteiger partial charge in [0.1, 0.15) is 29.5 Å². The number of amides is 2. The molecular weight excluding hydrogens is 434 g/mol. The van der Waals surface area contributed by atoms with Crippen molar-refractivity contribution in [3.05, 3.63) is 0 Å². The number of carbonyl (C=O) groups is 3. The molecule has 1 saturated heterocycles. The number of methoxy groups -OCH3 is 1. The maximum Gasteiger partial charge on any atom is 0.420 e. The van der Waals surface area contributed by atoms with Gasteiger partial charge < -0.3 is 28.4 Å². The van der Waals surface area contributed by atoms with E-state index >= 15 is 0 Å². The molecule has 0 aromatic rings. The van der Waals surface area contributed by atoms with Gasteiger partial charge in [-0.25, -0.2) is 14.4 Å². The average Bonchev–Trinajstić information content (AvgIpc) is 2.68. The van der Waals surface area contributed by atoms with Crippen LogP contribution in [-0.2, 0) is 33.2 Å². The Kier molecular flexibility index (Phi) is 11.1. The number of esters is 1. The maximum atomic E-state index is 13.1. The van der Waals surface area contributed by atoms with Crippen molar-refractivity contribution in [1.82, 2.24) is 4.90 Å². The van der Waals surface area contributed by atoms with E-state index in [0.29, 0.717) is 11.5 Å². The number of rotatable bonds is 6. The number of ether oxygens (including phenoxy) is 6. The summed E-state index contributed by atoms with van der Waals surface area (Å²) in [6.07, 6.45) is -2.08. The van der Waals surface area contributed by atoms with Crippen molar-refractivity contribution in [3.8, 4) is 0 Å². The van der Waals surface area contributed by atoms with E-state index in [2.05, 4.69) is 0 Å².